The van der Waals surface area contributed by atoms with Gasteiger partial charge in [-0.1, -0.05) is 31.5 Å². The monoisotopic (exact) mass is 450 g/mol. The Morgan fingerprint density at radius 2 is 1.94 bits per heavy atom. The number of esters is 1. The third kappa shape index (κ3) is 8.69. The van der Waals surface area contributed by atoms with E-state index in [1.54, 1.807) is 18.2 Å². The minimum Gasteiger partial charge on any atom is -0.494 e. The molecule has 0 atom stereocenters. The van der Waals surface area contributed by atoms with Gasteiger partial charge in [-0.2, -0.15) is 5.26 Å². The van der Waals surface area contributed by atoms with E-state index in [9.17, 15) is 14.9 Å². The molecule has 0 aliphatic rings. The van der Waals surface area contributed by atoms with E-state index in [0.717, 1.165) is 24.2 Å². The second-order valence-corrected chi connectivity index (χ2v) is 7.43. The molecule has 0 aliphatic carbocycles. The molecule has 1 amide bonds. The Labute approximate surface area is 195 Å². The van der Waals surface area contributed by atoms with Gasteiger partial charge in [0.15, 0.2) is 11.5 Å². The van der Waals surface area contributed by atoms with Crippen LogP contribution in [0.3, 0.4) is 0 Å². The van der Waals surface area contributed by atoms with Gasteiger partial charge in [-0.15, -0.1) is 0 Å². The summed E-state index contributed by atoms with van der Waals surface area (Å²) >= 11 is 0. The van der Waals surface area contributed by atoms with Gasteiger partial charge in [0.05, 0.1) is 13.7 Å². The predicted octanol–water partition coefficient (Wildman–Crippen LogP) is 4.59. The van der Waals surface area contributed by atoms with Crippen molar-refractivity contribution in [3.05, 3.63) is 59.2 Å². The number of ether oxygens (including phenoxy) is 3. The van der Waals surface area contributed by atoms with Gasteiger partial charge in [-0.3, -0.25) is 9.59 Å². The summed E-state index contributed by atoms with van der Waals surface area (Å²) in [6, 6.07) is 14.5. The van der Waals surface area contributed by atoms with Crippen molar-refractivity contribution in [2.75, 3.05) is 20.3 Å². The maximum atomic E-state index is 12.2. The first kappa shape index (κ1) is 25.5. The van der Waals surface area contributed by atoms with Gasteiger partial charge >= 0.3 is 5.97 Å². The Balaban J connectivity index is 1.93. The molecule has 33 heavy (non-hydrogen) atoms. The van der Waals surface area contributed by atoms with Gasteiger partial charge in [-0.05, 0) is 61.2 Å². The van der Waals surface area contributed by atoms with Crippen LogP contribution < -0.4 is 19.5 Å². The highest BCUT2D eigenvalue weighted by molar-refractivity contribution is 6.01. The molecule has 2 aromatic rings. The van der Waals surface area contributed by atoms with Crippen LogP contribution >= 0.6 is 0 Å². The van der Waals surface area contributed by atoms with Gasteiger partial charge in [0.2, 0.25) is 0 Å². The molecule has 0 heterocycles. The van der Waals surface area contributed by atoms with E-state index in [2.05, 4.69) is 5.32 Å². The van der Waals surface area contributed by atoms with Crippen molar-refractivity contribution in [2.45, 2.75) is 39.5 Å². The van der Waals surface area contributed by atoms with Crippen LogP contribution in [0.15, 0.2) is 48.0 Å². The lowest BCUT2D eigenvalue weighted by Crippen LogP contribution is -2.25. The predicted molar refractivity (Wildman–Crippen MR) is 126 cm³/mol. The maximum Gasteiger partial charge on any atom is 0.311 e. The Hall–Kier alpha value is -3.79. The van der Waals surface area contributed by atoms with Crippen LogP contribution in [0.4, 0.5) is 0 Å². The standard InChI is InChI=1S/C26H30N2O5/c1-4-5-13-28-26(30)21(18-27)16-20-11-12-23(24(17-20)31-3)33-25(29)10-7-14-32-22-9-6-8-19(2)15-22/h6,8-9,11-12,15-17H,4-5,7,10,13-14H2,1-3H3,(H,28,30)/b21-16+. The fraction of sp³-hybridized carbons (Fsp3) is 0.346. The molecule has 0 unspecified atom stereocenters. The molecule has 2 aromatic carbocycles. The Morgan fingerprint density at radius 1 is 1.12 bits per heavy atom. The molecule has 0 saturated heterocycles. The number of benzene rings is 2. The number of carbonyl (C=O) groups excluding carboxylic acids is 2. The number of aryl methyl sites for hydroxylation is 1. The molecule has 1 N–H and O–H groups in total. The summed E-state index contributed by atoms with van der Waals surface area (Å²) in [5, 5.41) is 12.0. The summed E-state index contributed by atoms with van der Waals surface area (Å²) in [7, 11) is 1.46. The van der Waals surface area contributed by atoms with Gasteiger partial charge in [0.25, 0.3) is 5.91 Å². The van der Waals surface area contributed by atoms with Crippen molar-refractivity contribution in [3.8, 4) is 23.3 Å². The molecule has 0 saturated carbocycles. The summed E-state index contributed by atoms with van der Waals surface area (Å²) < 4.78 is 16.4. The molecule has 0 radical (unpaired) electrons. The van der Waals surface area contributed by atoms with Crippen LogP contribution in [0, 0.1) is 18.3 Å². The highest BCUT2D eigenvalue weighted by Crippen LogP contribution is 2.29. The van der Waals surface area contributed by atoms with Crippen LogP contribution in [-0.2, 0) is 9.59 Å². The number of methoxy groups -OCH3 is 1. The molecule has 0 bridgehead atoms. The lowest BCUT2D eigenvalue weighted by Gasteiger charge is -2.11. The third-order valence-electron chi connectivity index (χ3n) is 4.69. The van der Waals surface area contributed by atoms with Crippen molar-refractivity contribution in [3.63, 3.8) is 0 Å². The topological polar surface area (TPSA) is 97.7 Å². The number of rotatable bonds is 12. The molecule has 0 aromatic heterocycles. The van der Waals surface area contributed by atoms with Crippen LogP contribution in [0.5, 0.6) is 17.2 Å². The number of unbranched alkanes of at least 4 members (excludes halogenated alkanes) is 1. The van der Waals surface area contributed by atoms with Gasteiger partial charge in [0.1, 0.15) is 17.4 Å². The molecular formula is C26H30N2O5. The van der Waals surface area contributed by atoms with E-state index >= 15 is 0 Å². The average molecular weight is 451 g/mol. The average Bonchev–Trinajstić information content (AvgIpc) is 2.81. The molecule has 0 aliphatic heterocycles. The summed E-state index contributed by atoms with van der Waals surface area (Å²) in [5.41, 5.74) is 1.68. The summed E-state index contributed by atoms with van der Waals surface area (Å²) in [4.78, 5) is 24.4. The number of nitrogens with one attached hydrogen (secondary N) is 1. The highest BCUT2D eigenvalue weighted by Gasteiger charge is 2.13. The molecule has 0 spiro atoms. The number of carbonyl (C=O) groups is 2. The Bertz CT molecular complexity index is 1020. The third-order valence-corrected chi connectivity index (χ3v) is 4.69. The van der Waals surface area contributed by atoms with Gasteiger partial charge in [0, 0.05) is 13.0 Å². The first-order chi connectivity index (χ1) is 16.0. The highest BCUT2D eigenvalue weighted by atomic mass is 16.6. The van der Waals surface area contributed by atoms with Crippen molar-refractivity contribution < 1.29 is 23.8 Å². The molecule has 2 rings (SSSR count). The van der Waals surface area contributed by atoms with Gasteiger partial charge in [-0.25, -0.2) is 0 Å². The van der Waals surface area contributed by atoms with Crippen LogP contribution in [0.1, 0.15) is 43.7 Å². The molecule has 0 fully saturated rings. The smallest absolute Gasteiger partial charge is 0.311 e. The molecule has 174 valence electrons. The van der Waals surface area contributed by atoms with E-state index in [1.807, 2.05) is 44.2 Å². The lowest BCUT2D eigenvalue weighted by molar-refractivity contribution is -0.134. The summed E-state index contributed by atoms with van der Waals surface area (Å²) in [5.74, 6) is 0.539. The SMILES string of the molecule is CCCCNC(=O)/C(C#N)=C/c1ccc(OC(=O)CCCOc2cccc(C)c2)c(OC)c1. The van der Waals surface area contributed by atoms with Crippen molar-refractivity contribution in [2.24, 2.45) is 0 Å². The van der Waals surface area contributed by atoms with Gasteiger partial charge < -0.3 is 19.5 Å². The van der Waals surface area contributed by atoms with Crippen LogP contribution in [0.2, 0.25) is 0 Å². The van der Waals surface area contributed by atoms with E-state index in [4.69, 9.17) is 14.2 Å². The Morgan fingerprint density at radius 3 is 2.64 bits per heavy atom. The van der Waals surface area contributed by atoms with Crippen LogP contribution in [-0.4, -0.2) is 32.1 Å². The second-order valence-electron chi connectivity index (χ2n) is 7.43. The first-order valence-corrected chi connectivity index (χ1v) is 10.9. The second kappa shape index (κ2) is 13.6. The summed E-state index contributed by atoms with van der Waals surface area (Å²) in [6.45, 7) is 4.93. The van der Waals surface area contributed by atoms with Crippen molar-refractivity contribution >= 4 is 18.0 Å². The quantitative estimate of drug-likeness (QED) is 0.167. The normalized spacial score (nSPS) is 10.8. The zero-order chi connectivity index (χ0) is 24.1. The minimum absolute atomic E-state index is 0.00786. The molecule has 7 heteroatoms. The maximum absolute atomic E-state index is 12.2. The molecule has 7 nitrogen and oxygen atoms in total. The van der Waals surface area contributed by atoms with Crippen molar-refractivity contribution in [1.29, 1.82) is 5.26 Å². The fourth-order valence-corrected chi connectivity index (χ4v) is 2.93. The number of hydrogen-bond acceptors (Lipinski definition) is 6. The van der Waals surface area contributed by atoms with Crippen molar-refractivity contribution in [1.82, 2.24) is 5.32 Å². The first-order valence-electron chi connectivity index (χ1n) is 10.9. The number of nitriles is 1. The number of hydrogen-bond donors (Lipinski definition) is 1. The van der Waals surface area contributed by atoms with E-state index in [1.165, 1.54) is 13.2 Å². The van der Waals surface area contributed by atoms with E-state index in [0.29, 0.717) is 30.9 Å². The van der Waals surface area contributed by atoms with E-state index in [-0.39, 0.29) is 17.7 Å². The molecular weight excluding hydrogens is 420 g/mol. The zero-order valence-electron chi connectivity index (χ0n) is 19.3. The number of nitrogens with zero attached hydrogens (tertiary/aromatic N) is 1. The minimum atomic E-state index is -0.423. The zero-order valence-corrected chi connectivity index (χ0v) is 19.3. The largest absolute Gasteiger partial charge is 0.494 e. The van der Waals surface area contributed by atoms with E-state index < -0.39 is 11.9 Å². The fourth-order valence-electron chi connectivity index (χ4n) is 2.93. The lowest BCUT2D eigenvalue weighted by atomic mass is 10.1. The van der Waals surface area contributed by atoms with Crippen LogP contribution in [0.25, 0.3) is 6.08 Å². The Kier molecular flexibility index (Phi) is 10.5. The summed E-state index contributed by atoms with van der Waals surface area (Å²) in [6.07, 6.45) is 3.96. The number of amides is 1.